The van der Waals surface area contributed by atoms with Crippen LogP contribution in [0.15, 0.2) is 46.3 Å². The third-order valence-corrected chi connectivity index (χ3v) is 4.74. The van der Waals surface area contributed by atoms with Gasteiger partial charge in [0.1, 0.15) is 16.3 Å². The maximum absolute atomic E-state index is 6.02. The molecule has 0 saturated heterocycles. The van der Waals surface area contributed by atoms with Crippen molar-refractivity contribution in [2.45, 2.75) is 0 Å². The molecule has 0 aliphatic heterocycles. The minimum Gasteiger partial charge on any atom is -0.454 e. The first-order valence-electron chi connectivity index (χ1n) is 6.19. The molecule has 0 spiro atoms. The lowest BCUT2D eigenvalue weighted by Gasteiger charge is -1.93. The van der Waals surface area contributed by atoms with Crippen molar-refractivity contribution >= 4 is 45.5 Å². The molecule has 1 aromatic carbocycles. The maximum Gasteiger partial charge on any atom is 0.154 e. The van der Waals surface area contributed by atoms with E-state index in [0.29, 0.717) is 21.4 Å². The lowest BCUT2D eigenvalue weighted by atomic mass is 10.2. The standard InChI is InChI=1S/C15H8Cl2N2OS/c16-9-4-8-5-14(20-13(8)6-10(9)17)12-7-21-15(19-12)11-2-1-3-18-11/h1-7,18H. The summed E-state index contributed by atoms with van der Waals surface area (Å²) in [5.41, 5.74) is 2.50. The van der Waals surface area contributed by atoms with E-state index in [9.17, 15) is 0 Å². The second kappa shape index (κ2) is 4.91. The van der Waals surface area contributed by atoms with Gasteiger partial charge in [0, 0.05) is 23.0 Å². The van der Waals surface area contributed by atoms with Crippen LogP contribution in [-0.4, -0.2) is 9.97 Å². The lowest BCUT2D eigenvalue weighted by molar-refractivity contribution is 0.629. The monoisotopic (exact) mass is 334 g/mol. The van der Waals surface area contributed by atoms with Crippen LogP contribution >= 0.6 is 34.5 Å². The van der Waals surface area contributed by atoms with Gasteiger partial charge in [-0.25, -0.2) is 4.98 Å². The van der Waals surface area contributed by atoms with Crippen LogP contribution in [0.2, 0.25) is 10.0 Å². The summed E-state index contributed by atoms with van der Waals surface area (Å²) in [7, 11) is 0. The number of benzene rings is 1. The number of hydrogen-bond acceptors (Lipinski definition) is 3. The van der Waals surface area contributed by atoms with E-state index >= 15 is 0 Å². The Hall–Kier alpha value is -1.75. The van der Waals surface area contributed by atoms with E-state index in [2.05, 4.69) is 9.97 Å². The van der Waals surface area contributed by atoms with Crippen LogP contribution in [0.25, 0.3) is 33.1 Å². The first kappa shape index (κ1) is 13.0. The van der Waals surface area contributed by atoms with Crippen molar-refractivity contribution < 1.29 is 4.42 Å². The number of H-pyrrole nitrogens is 1. The van der Waals surface area contributed by atoms with Crippen LogP contribution in [0.4, 0.5) is 0 Å². The second-order valence-corrected chi connectivity index (χ2v) is 6.21. The van der Waals surface area contributed by atoms with Crippen molar-refractivity contribution in [3.8, 4) is 22.2 Å². The van der Waals surface area contributed by atoms with E-state index in [-0.39, 0.29) is 0 Å². The number of fused-ring (bicyclic) bond motifs is 1. The number of hydrogen-bond donors (Lipinski definition) is 1. The number of furan rings is 1. The fraction of sp³-hybridized carbons (Fsp3) is 0. The van der Waals surface area contributed by atoms with Crippen molar-refractivity contribution in [1.82, 2.24) is 9.97 Å². The molecule has 0 saturated carbocycles. The summed E-state index contributed by atoms with van der Waals surface area (Å²) in [6, 6.07) is 9.37. The molecule has 21 heavy (non-hydrogen) atoms. The van der Waals surface area contributed by atoms with Gasteiger partial charge in [0.15, 0.2) is 5.76 Å². The van der Waals surface area contributed by atoms with Gasteiger partial charge in [-0.05, 0) is 24.3 Å². The smallest absolute Gasteiger partial charge is 0.154 e. The van der Waals surface area contributed by atoms with Crippen LogP contribution in [0, 0.1) is 0 Å². The second-order valence-electron chi connectivity index (χ2n) is 4.54. The zero-order valence-corrected chi connectivity index (χ0v) is 12.9. The summed E-state index contributed by atoms with van der Waals surface area (Å²) in [6.45, 7) is 0. The van der Waals surface area contributed by atoms with E-state index in [0.717, 1.165) is 21.8 Å². The van der Waals surface area contributed by atoms with Gasteiger partial charge in [-0.1, -0.05) is 23.2 Å². The average Bonchev–Trinajstić information content (AvgIpc) is 3.18. The summed E-state index contributed by atoms with van der Waals surface area (Å²) >= 11 is 13.6. The number of nitrogens with one attached hydrogen (secondary N) is 1. The van der Waals surface area contributed by atoms with E-state index in [1.807, 2.05) is 29.8 Å². The van der Waals surface area contributed by atoms with Gasteiger partial charge >= 0.3 is 0 Å². The van der Waals surface area contributed by atoms with Crippen LogP contribution in [0.3, 0.4) is 0 Å². The number of aromatic nitrogens is 2. The predicted octanol–water partition coefficient (Wildman–Crippen LogP) is 5.86. The Morgan fingerprint density at radius 1 is 1.14 bits per heavy atom. The molecule has 4 rings (SSSR count). The van der Waals surface area contributed by atoms with Gasteiger partial charge in [0.2, 0.25) is 0 Å². The molecule has 104 valence electrons. The van der Waals surface area contributed by atoms with E-state index in [1.165, 1.54) is 0 Å². The summed E-state index contributed by atoms with van der Waals surface area (Å²) < 4.78 is 5.81. The molecule has 3 nitrogen and oxygen atoms in total. The largest absolute Gasteiger partial charge is 0.454 e. The number of nitrogens with zero attached hydrogens (tertiary/aromatic N) is 1. The molecule has 1 N–H and O–H groups in total. The molecule has 0 atom stereocenters. The molecule has 0 unspecified atom stereocenters. The topological polar surface area (TPSA) is 41.8 Å². The van der Waals surface area contributed by atoms with Crippen LogP contribution in [0.1, 0.15) is 0 Å². The Morgan fingerprint density at radius 3 is 2.81 bits per heavy atom. The average molecular weight is 335 g/mol. The number of halogens is 2. The normalized spacial score (nSPS) is 11.3. The van der Waals surface area contributed by atoms with Gasteiger partial charge in [-0.15, -0.1) is 11.3 Å². The van der Waals surface area contributed by atoms with E-state index in [4.69, 9.17) is 27.6 Å². The summed E-state index contributed by atoms with van der Waals surface area (Å²) in [4.78, 5) is 7.73. The summed E-state index contributed by atoms with van der Waals surface area (Å²) in [5, 5.41) is 4.80. The molecular weight excluding hydrogens is 327 g/mol. The zero-order valence-electron chi connectivity index (χ0n) is 10.6. The zero-order chi connectivity index (χ0) is 14.4. The first-order chi connectivity index (χ1) is 10.2. The Labute approximate surface area is 134 Å². The Bertz CT molecular complexity index is 886. The van der Waals surface area contributed by atoms with Gasteiger partial charge < -0.3 is 9.40 Å². The summed E-state index contributed by atoms with van der Waals surface area (Å²) in [5.74, 6) is 0.706. The molecule has 0 fully saturated rings. The number of thiazole rings is 1. The third-order valence-electron chi connectivity index (χ3n) is 3.14. The predicted molar refractivity (Wildman–Crippen MR) is 87.1 cm³/mol. The third kappa shape index (κ3) is 2.25. The highest BCUT2D eigenvalue weighted by Gasteiger charge is 2.13. The molecule has 0 aliphatic rings. The molecule has 0 amide bonds. The fourth-order valence-corrected chi connectivity index (χ4v) is 3.26. The van der Waals surface area contributed by atoms with Gasteiger partial charge in [-0.3, -0.25) is 0 Å². The SMILES string of the molecule is Clc1cc2cc(-c3csc(-c4ccc[nH]4)n3)oc2cc1Cl. The van der Waals surface area contributed by atoms with Crippen molar-refractivity contribution in [2.75, 3.05) is 0 Å². The van der Waals surface area contributed by atoms with Crippen molar-refractivity contribution in [3.63, 3.8) is 0 Å². The van der Waals surface area contributed by atoms with Crippen LogP contribution < -0.4 is 0 Å². The van der Waals surface area contributed by atoms with Crippen LogP contribution in [-0.2, 0) is 0 Å². The molecule has 0 radical (unpaired) electrons. The van der Waals surface area contributed by atoms with Crippen LogP contribution in [0.5, 0.6) is 0 Å². The molecule has 4 aromatic rings. The Morgan fingerprint density at radius 2 is 2.00 bits per heavy atom. The Kier molecular flexibility index (Phi) is 3.03. The summed E-state index contributed by atoms with van der Waals surface area (Å²) in [6.07, 6.45) is 1.88. The highest BCUT2D eigenvalue weighted by atomic mass is 35.5. The minimum atomic E-state index is 0.482. The highest BCUT2D eigenvalue weighted by Crippen LogP contribution is 2.35. The van der Waals surface area contributed by atoms with E-state index in [1.54, 1.807) is 23.5 Å². The molecular formula is C15H8Cl2N2OS. The molecule has 3 aromatic heterocycles. The fourth-order valence-electron chi connectivity index (χ4n) is 2.13. The van der Waals surface area contributed by atoms with Gasteiger partial charge in [-0.2, -0.15) is 0 Å². The molecule has 0 bridgehead atoms. The van der Waals surface area contributed by atoms with Crippen molar-refractivity contribution in [1.29, 1.82) is 0 Å². The highest BCUT2D eigenvalue weighted by molar-refractivity contribution is 7.13. The quantitative estimate of drug-likeness (QED) is 0.499. The van der Waals surface area contributed by atoms with Gasteiger partial charge in [0.05, 0.1) is 15.7 Å². The molecule has 6 heteroatoms. The molecule has 0 aliphatic carbocycles. The maximum atomic E-state index is 6.02. The van der Waals surface area contributed by atoms with Crippen molar-refractivity contribution in [2.24, 2.45) is 0 Å². The molecule has 3 heterocycles. The number of aromatic amines is 1. The van der Waals surface area contributed by atoms with Gasteiger partial charge in [0.25, 0.3) is 0 Å². The minimum absolute atomic E-state index is 0.482. The Balaban J connectivity index is 1.80. The lowest BCUT2D eigenvalue weighted by Crippen LogP contribution is -1.76. The van der Waals surface area contributed by atoms with Crippen molar-refractivity contribution in [3.05, 3.63) is 52.0 Å². The van der Waals surface area contributed by atoms with E-state index < -0.39 is 0 Å². The first-order valence-corrected chi connectivity index (χ1v) is 7.82. The number of rotatable bonds is 2.